The second-order valence-electron chi connectivity index (χ2n) is 4.92. The number of aromatic nitrogens is 2. The summed E-state index contributed by atoms with van der Waals surface area (Å²) in [5, 5.41) is 5.47. The lowest BCUT2D eigenvalue weighted by atomic mass is 10.1. The molecule has 0 fully saturated rings. The van der Waals surface area contributed by atoms with Crippen molar-refractivity contribution in [3.8, 4) is 0 Å². The molecule has 0 aliphatic carbocycles. The summed E-state index contributed by atoms with van der Waals surface area (Å²) in [5.74, 6) is 0. The molecule has 2 amide bonds. The number of anilines is 1. The molecular formula is C17H16N4O. The summed E-state index contributed by atoms with van der Waals surface area (Å²) in [6, 6.07) is 13.2. The van der Waals surface area contributed by atoms with Crippen LogP contribution in [-0.4, -0.2) is 16.0 Å². The molecule has 1 aromatic heterocycles. The highest BCUT2D eigenvalue weighted by atomic mass is 16.2. The van der Waals surface area contributed by atoms with Gasteiger partial charge in [0.1, 0.15) is 0 Å². The van der Waals surface area contributed by atoms with E-state index >= 15 is 0 Å². The molecule has 0 spiro atoms. The number of fused-ring (bicyclic) bond motifs is 1. The highest BCUT2D eigenvalue weighted by Crippen LogP contribution is 2.15. The van der Waals surface area contributed by atoms with Crippen molar-refractivity contribution in [2.45, 2.75) is 6.92 Å². The molecule has 0 unspecified atom stereocenters. The number of nitrogens with zero attached hydrogens (tertiary/aromatic N) is 1. The zero-order valence-electron chi connectivity index (χ0n) is 12.1. The van der Waals surface area contributed by atoms with Crippen molar-refractivity contribution in [2.75, 3.05) is 5.32 Å². The predicted molar refractivity (Wildman–Crippen MR) is 88.5 cm³/mol. The zero-order chi connectivity index (χ0) is 15.4. The number of aromatic amines is 1. The molecule has 110 valence electrons. The van der Waals surface area contributed by atoms with Gasteiger partial charge in [0.25, 0.3) is 0 Å². The maximum absolute atomic E-state index is 11.9. The van der Waals surface area contributed by atoms with Crippen LogP contribution in [-0.2, 0) is 0 Å². The lowest BCUT2D eigenvalue weighted by Gasteiger charge is -2.04. The molecule has 5 nitrogen and oxygen atoms in total. The molecule has 5 heteroatoms. The first-order valence-corrected chi connectivity index (χ1v) is 6.95. The van der Waals surface area contributed by atoms with Gasteiger partial charge in [-0.1, -0.05) is 24.3 Å². The van der Waals surface area contributed by atoms with Gasteiger partial charge < -0.3 is 15.6 Å². The number of rotatable bonds is 3. The summed E-state index contributed by atoms with van der Waals surface area (Å²) < 4.78 is 0. The van der Waals surface area contributed by atoms with Crippen LogP contribution in [0.25, 0.3) is 17.1 Å². The SMILES string of the molecule is Cc1ccccc1/C=C/NC(=O)Nc1ccc2nc[nH]c2c1. The number of carbonyl (C=O) groups excluding carboxylic acids is 1. The third kappa shape index (κ3) is 3.15. The molecule has 0 saturated carbocycles. The lowest BCUT2D eigenvalue weighted by molar-refractivity contribution is 0.255. The molecule has 0 radical (unpaired) electrons. The fraction of sp³-hybridized carbons (Fsp3) is 0.0588. The Labute approximate surface area is 128 Å². The van der Waals surface area contributed by atoms with Gasteiger partial charge >= 0.3 is 6.03 Å². The fourth-order valence-electron chi connectivity index (χ4n) is 2.16. The Balaban J connectivity index is 1.61. The van der Waals surface area contributed by atoms with E-state index in [0.717, 1.165) is 22.2 Å². The molecule has 3 N–H and O–H groups in total. The van der Waals surface area contributed by atoms with E-state index in [-0.39, 0.29) is 6.03 Å². The summed E-state index contributed by atoms with van der Waals surface area (Å²) in [4.78, 5) is 19.0. The van der Waals surface area contributed by atoms with Crippen molar-refractivity contribution in [1.82, 2.24) is 15.3 Å². The molecule has 0 bridgehead atoms. The second kappa shape index (κ2) is 6.13. The van der Waals surface area contributed by atoms with Gasteiger partial charge in [-0.2, -0.15) is 0 Å². The molecule has 1 heterocycles. The fourth-order valence-corrected chi connectivity index (χ4v) is 2.16. The summed E-state index contributed by atoms with van der Waals surface area (Å²) in [7, 11) is 0. The van der Waals surface area contributed by atoms with Crippen molar-refractivity contribution in [2.24, 2.45) is 0 Å². The van der Waals surface area contributed by atoms with Crippen molar-refractivity contribution < 1.29 is 4.79 Å². The van der Waals surface area contributed by atoms with E-state index in [1.54, 1.807) is 12.5 Å². The van der Waals surface area contributed by atoms with Crippen LogP contribution < -0.4 is 10.6 Å². The number of hydrogen-bond acceptors (Lipinski definition) is 2. The van der Waals surface area contributed by atoms with Crippen LogP contribution in [0.5, 0.6) is 0 Å². The Morgan fingerprint density at radius 1 is 1.23 bits per heavy atom. The van der Waals surface area contributed by atoms with Crippen LogP contribution >= 0.6 is 0 Å². The number of H-pyrrole nitrogens is 1. The van der Waals surface area contributed by atoms with Gasteiger partial charge in [-0.15, -0.1) is 0 Å². The van der Waals surface area contributed by atoms with Gasteiger partial charge in [0.05, 0.1) is 17.4 Å². The third-order valence-corrected chi connectivity index (χ3v) is 3.34. The Bertz CT molecular complexity index is 835. The van der Waals surface area contributed by atoms with Crippen molar-refractivity contribution in [1.29, 1.82) is 0 Å². The van der Waals surface area contributed by atoms with E-state index in [0.29, 0.717) is 5.69 Å². The average molecular weight is 292 g/mol. The normalized spacial score (nSPS) is 11.0. The number of amides is 2. The van der Waals surface area contributed by atoms with Crippen LogP contribution in [0.2, 0.25) is 0 Å². The topological polar surface area (TPSA) is 69.8 Å². The van der Waals surface area contributed by atoms with Crippen LogP contribution in [0.15, 0.2) is 55.0 Å². The largest absolute Gasteiger partial charge is 0.345 e. The highest BCUT2D eigenvalue weighted by molar-refractivity contribution is 5.92. The molecular weight excluding hydrogens is 276 g/mol. The van der Waals surface area contributed by atoms with Crippen LogP contribution in [0.3, 0.4) is 0 Å². The summed E-state index contributed by atoms with van der Waals surface area (Å²) in [6.07, 6.45) is 5.12. The molecule has 3 aromatic rings. The van der Waals surface area contributed by atoms with Gasteiger partial charge in [0, 0.05) is 11.9 Å². The van der Waals surface area contributed by atoms with Crippen LogP contribution in [0, 0.1) is 6.92 Å². The molecule has 2 aromatic carbocycles. The standard InChI is InChI=1S/C17H16N4O/c1-12-4-2-3-5-13(12)8-9-18-17(22)21-14-6-7-15-16(10-14)20-11-19-15/h2-11H,1H3,(H,19,20)(H2,18,21,22)/b9-8+. The molecule has 3 rings (SSSR count). The number of nitrogens with one attached hydrogen (secondary N) is 3. The second-order valence-corrected chi connectivity index (χ2v) is 4.92. The van der Waals surface area contributed by atoms with Gasteiger partial charge in [0.2, 0.25) is 0 Å². The summed E-state index contributed by atoms with van der Waals surface area (Å²) in [5.41, 5.74) is 4.68. The number of hydrogen-bond donors (Lipinski definition) is 3. The first kappa shape index (κ1) is 13.9. The monoisotopic (exact) mass is 292 g/mol. The summed E-state index contributed by atoms with van der Waals surface area (Å²) >= 11 is 0. The first-order chi connectivity index (χ1) is 10.7. The van der Waals surface area contributed by atoms with Gasteiger partial charge in [-0.25, -0.2) is 9.78 Å². The van der Waals surface area contributed by atoms with Crippen molar-refractivity contribution in [3.05, 3.63) is 66.1 Å². The number of urea groups is 1. The molecule has 0 saturated heterocycles. The smallest absolute Gasteiger partial charge is 0.323 e. The Hall–Kier alpha value is -3.08. The van der Waals surface area contributed by atoms with Gasteiger partial charge in [0.15, 0.2) is 0 Å². The van der Waals surface area contributed by atoms with E-state index < -0.39 is 0 Å². The Morgan fingerprint density at radius 2 is 2.09 bits per heavy atom. The third-order valence-electron chi connectivity index (χ3n) is 3.34. The summed E-state index contributed by atoms with van der Waals surface area (Å²) in [6.45, 7) is 2.03. The number of aryl methyl sites for hydroxylation is 1. The minimum Gasteiger partial charge on any atom is -0.345 e. The molecule has 0 aliphatic heterocycles. The van der Waals surface area contributed by atoms with Crippen molar-refractivity contribution >= 4 is 28.8 Å². The highest BCUT2D eigenvalue weighted by Gasteiger charge is 2.02. The van der Waals surface area contributed by atoms with Crippen LogP contribution in [0.1, 0.15) is 11.1 Å². The van der Waals surface area contributed by atoms with E-state index in [1.807, 2.05) is 55.5 Å². The quantitative estimate of drug-likeness (QED) is 0.689. The zero-order valence-corrected chi connectivity index (χ0v) is 12.1. The first-order valence-electron chi connectivity index (χ1n) is 6.95. The predicted octanol–water partition coefficient (Wildman–Crippen LogP) is 3.66. The Kier molecular flexibility index (Phi) is 3.87. The van der Waals surface area contributed by atoms with Crippen molar-refractivity contribution in [3.63, 3.8) is 0 Å². The molecule has 0 atom stereocenters. The number of imidazole rings is 1. The van der Waals surface area contributed by atoms with E-state index in [9.17, 15) is 4.79 Å². The number of carbonyl (C=O) groups is 1. The minimum atomic E-state index is -0.288. The van der Waals surface area contributed by atoms with Gasteiger partial charge in [-0.05, 0) is 42.3 Å². The van der Waals surface area contributed by atoms with E-state index in [1.165, 1.54) is 0 Å². The lowest BCUT2D eigenvalue weighted by Crippen LogP contribution is -2.23. The minimum absolute atomic E-state index is 0.288. The van der Waals surface area contributed by atoms with Crippen LogP contribution in [0.4, 0.5) is 10.5 Å². The number of benzene rings is 2. The average Bonchev–Trinajstić information content (AvgIpc) is 2.97. The maximum Gasteiger partial charge on any atom is 0.323 e. The van der Waals surface area contributed by atoms with E-state index in [4.69, 9.17) is 0 Å². The van der Waals surface area contributed by atoms with E-state index in [2.05, 4.69) is 20.6 Å². The maximum atomic E-state index is 11.9. The van der Waals surface area contributed by atoms with Gasteiger partial charge in [-0.3, -0.25) is 0 Å². The molecule has 22 heavy (non-hydrogen) atoms. The Morgan fingerprint density at radius 3 is 2.95 bits per heavy atom. The molecule has 0 aliphatic rings.